The Labute approximate surface area is 132 Å². The number of rotatable bonds is 6. The molecule has 0 aromatic heterocycles. The van der Waals surface area contributed by atoms with Crippen molar-refractivity contribution in [1.29, 1.82) is 0 Å². The second-order valence-electron chi connectivity index (χ2n) is 5.66. The maximum absolute atomic E-state index is 3.96. The molecular weight excluding hydrogens is 272 g/mol. The first-order chi connectivity index (χ1) is 10.0. The predicted octanol–water partition coefficient (Wildman–Crippen LogP) is 6.08. The smallest absolute Gasteiger partial charge is 0.0122 e. The van der Waals surface area contributed by atoms with Crippen LogP contribution in [0.2, 0.25) is 0 Å². The molecule has 0 nitrogen and oxygen atoms in total. The van der Waals surface area contributed by atoms with Crippen LogP contribution in [0.5, 0.6) is 0 Å². The van der Waals surface area contributed by atoms with E-state index in [1.165, 1.54) is 32.1 Å². The van der Waals surface area contributed by atoms with Gasteiger partial charge in [0.15, 0.2) is 0 Å². The molecule has 0 amide bonds. The minimum absolute atomic E-state index is 0.959. The van der Waals surface area contributed by atoms with Crippen molar-refractivity contribution in [2.75, 3.05) is 0 Å². The van der Waals surface area contributed by atoms with Gasteiger partial charge in [0.25, 0.3) is 0 Å². The van der Waals surface area contributed by atoms with E-state index < -0.39 is 0 Å². The third kappa shape index (κ3) is 5.28. The SMILES string of the molecule is C=C(C)Cc1ccc(Sc2ccc(CC(=C)C)cc2)cc1. The maximum Gasteiger partial charge on any atom is 0.0122 e. The Hall–Kier alpha value is -1.73. The highest BCUT2D eigenvalue weighted by atomic mass is 32.2. The summed E-state index contributed by atoms with van der Waals surface area (Å²) in [6.45, 7) is 12.0. The van der Waals surface area contributed by atoms with Crippen molar-refractivity contribution in [3.05, 3.63) is 84.0 Å². The van der Waals surface area contributed by atoms with Gasteiger partial charge >= 0.3 is 0 Å². The van der Waals surface area contributed by atoms with E-state index in [0.717, 1.165) is 12.8 Å². The standard InChI is InChI=1S/C20H22S/c1-15(2)13-17-5-9-19(10-6-17)21-20-11-7-18(8-12-20)14-16(3)4/h5-12H,1,3,13-14H2,2,4H3. The van der Waals surface area contributed by atoms with Gasteiger partial charge in [-0.1, -0.05) is 60.3 Å². The molecule has 0 atom stereocenters. The minimum atomic E-state index is 0.959. The molecule has 0 unspecified atom stereocenters. The van der Waals surface area contributed by atoms with Crippen LogP contribution in [-0.2, 0) is 12.8 Å². The first-order valence-corrected chi connectivity index (χ1v) is 7.99. The summed E-state index contributed by atoms with van der Waals surface area (Å²) in [6, 6.07) is 17.5. The van der Waals surface area contributed by atoms with E-state index in [2.05, 4.69) is 75.5 Å². The Kier molecular flexibility index (Phi) is 5.46. The molecule has 2 aromatic carbocycles. The summed E-state index contributed by atoms with van der Waals surface area (Å²) in [5.41, 5.74) is 5.04. The first-order valence-electron chi connectivity index (χ1n) is 7.17. The van der Waals surface area contributed by atoms with Gasteiger partial charge in [0.05, 0.1) is 0 Å². The Bertz CT molecular complexity index is 560. The summed E-state index contributed by atoms with van der Waals surface area (Å²) >= 11 is 1.80. The predicted molar refractivity (Wildman–Crippen MR) is 94.0 cm³/mol. The van der Waals surface area contributed by atoms with Crippen molar-refractivity contribution in [3.63, 3.8) is 0 Å². The summed E-state index contributed by atoms with van der Waals surface area (Å²) in [4.78, 5) is 2.54. The molecule has 0 aliphatic heterocycles. The molecule has 0 heterocycles. The molecule has 0 spiro atoms. The van der Waals surface area contributed by atoms with Crippen LogP contribution in [-0.4, -0.2) is 0 Å². The fourth-order valence-electron chi connectivity index (χ4n) is 2.18. The zero-order valence-electron chi connectivity index (χ0n) is 12.9. The zero-order chi connectivity index (χ0) is 15.2. The summed E-state index contributed by atoms with van der Waals surface area (Å²) in [7, 11) is 0. The highest BCUT2D eigenvalue weighted by Crippen LogP contribution is 2.28. The second-order valence-corrected chi connectivity index (χ2v) is 6.80. The molecule has 0 radical (unpaired) electrons. The van der Waals surface area contributed by atoms with Gasteiger partial charge in [-0.2, -0.15) is 0 Å². The molecule has 0 fully saturated rings. The van der Waals surface area contributed by atoms with Crippen LogP contribution < -0.4 is 0 Å². The van der Waals surface area contributed by atoms with Gasteiger partial charge in [0, 0.05) is 9.79 Å². The Morgan fingerprint density at radius 2 is 1.05 bits per heavy atom. The van der Waals surface area contributed by atoms with Crippen molar-refractivity contribution >= 4 is 11.8 Å². The molecule has 1 heteroatoms. The summed E-state index contributed by atoms with van der Waals surface area (Å²) in [5.74, 6) is 0. The molecule has 0 N–H and O–H groups in total. The number of hydrogen-bond donors (Lipinski definition) is 0. The van der Waals surface area contributed by atoms with E-state index in [4.69, 9.17) is 0 Å². The van der Waals surface area contributed by atoms with E-state index in [1.807, 2.05) is 0 Å². The third-order valence-corrected chi connectivity index (χ3v) is 4.11. The Morgan fingerprint density at radius 3 is 1.33 bits per heavy atom. The molecule has 108 valence electrons. The van der Waals surface area contributed by atoms with Crippen LogP contribution in [0.25, 0.3) is 0 Å². The first kappa shape index (κ1) is 15.7. The fourth-order valence-corrected chi connectivity index (χ4v) is 3.00. The van der Waals surface area contributed by atoms with E-state index in [1.54, 1.807) is 11.8 Å². The summed E-state index contributed by atoms with van der Waals surface area (Å²) < 4.78 is 0. The minimum Gasteiger partial charge on any atom is -0.0998 e. The lowest BCUT2D eigenvalue weighted by atomic mass is 10.1. The average Bonchev–Trinajstić information content (AvgIpc) is 2.42. The van der Waals surface area contributed by atoms with Gasteiger partial charge in [-0.05, 0) is 62.1 Å². The largest absolute Gasteiger partial charge is 0.0998 e. The fraction of sp³-hybridized carbons (Fsp3) is 0.200. The van der Waals surface area contributed by atoms with Crippen molar-refractivity contribution in [2.24, 2.45) is 0 Å². The average molecular weight is 294 g/mol. The van der Waals surface area contributed by atoms with Crippen LogP contribution in [0.3, 0.4) is 0 Å². The van der Waals surface area contributed by atoms with Crippen LogP contribution in [0.4, 0.5) is 0 Å². The van der Waals surface area contributed by atoms with Gasteiger partial charge in [-0.3, -0.25) is 0 Å². The van der Waals surface area contributed by atoms with Crippen molar-refractivity contribution in [1.82, 2.24) is 0 Å². The number of allylic oxidation sites excluding steroid dienone is 2. The Morgan fingerprint density at radius 1 is 0.714 bits per heavy atom. The highest BCUT2D eigenvalue weighted by Gasteiger charge is 2.00. The van der Waals surface area contributed by atoms with Gasteiger partial charge in [-0.25, -0.2) is 0 Å². The highest BCUT2D eigenvalue weighted by molar-refractivity contribution is 7.99. The van der Waals surface area contributed by atoms with Crippen molar-refractivity contribution < 1.29 is 0 Å². The van der Waals surface area contributed by atoms with Crippen LogP contribution in [0, 0.1) is 0 Å². The Balaban J connectivity index is 2.01. The molecule has 0 bridgehead atoms. The van der Waals surface area contributed by atoms with Crippen molar-refractivity contribution in [2.45, 2.75) is 36.5 Å². The molecule has 0 saturated carbocycles. The van der Waals surface area contributed by atoms with Crippen LogP contribution in [0.15, 0.2) is 82.6 Å². The monoisotopic (exact) mass is 294 g/mol. The molecule has 2 rings (SSSR count). The quantitative estimate of drug-likeness (QED) is 0.582. The van der Waals surface area contributed by atoms with E-state index in [0.29, 0.717) is 0 Å². The van der Waals surface area contributed by atoms with Crippen LogP contribution in [0.1, 0.15) is 25.0 Å². The zero-order valence-corrected chi connectivity index (χ0v) is 13.7. The third-order valence-electron chi connectivity index (χ3n) is 3.09. The van der Waals surface area contributed by atoms with E-state index >= 15 is 0 Å². The lowest BCUT2D eigenvalue weighted by Crippen LogP contribution is -1.86. The summed E-state index contributed by atoms with van der Waals surface area (Å²) in [6.07, 6.45) is 1.92. The van der Waals surface area contributed by atoms with Gasteiger partial charge in [-0.15, -0.1) is 0 Å². The molecule has 0 aliphatic rings. The normalized spacial score (nSPS) is 10.4. The molecular formula is C20H22S. The van der Waals surface area contributed by atoms with E-state index in [9.17, 15) is 0 Å². The number of benzene rings is 2. The van der Waals surface area contributed by atoms with Gasteiger partial charge in [0.1, 0.15) is 0 Å². The van der Waals surface area contributed by atoms with Gasteiger partial charge in [0.2, 0.25) is 0 Å². The maximum atomic E-state index is 3.96. The molecule has 21 heavy (non-hydrogen) atoms. The molecule has 0 saturated heterocycles. The molecule has 2 aromatic rings. The van der Waals surface area contributed by atoms with Crippen molar-refractivity contribution in [3.8, 4) is 0 Å². The lowest BCUT2D eigenvalue weighted by molar-refractivity contribution is 1.14. The second kappa shape index (κ2) is 7.33. The number of hydrogen-bond acceptors (Lipinski definition) is 1. The van der Waals surface area contributed by atoms with Crippen LogP contribution >= 0.6 is 11.8 Å². The van der Waals surface area contributed by atoms with Gasteiger partial charge < -0.3 is 0 Å². The van der Waals surface area contributed by atoms with E-state index in [-0.39, 0.29) is 0 Å². The molecule has 0 aliphatic carbocycles. The lowest BCUT2D eigenvalue weighted by Gasteiger charge is -2.06. The summed E-state index contributed by atoms with van der Waals surface area (Å²) in [5, 5.41) is 0. The topological polar surface area (TPSA) is 0 Å².